The minimum Gasteiger partial charge on any atom is -0.494 e. The van der Waals surface area contributed by atoms with Crippen LogP contribution in [0.1, 0.15) is 17.3 Å². The van der Waals surface area contributed by atoms with E-state index in [-0.39, 0.29) is 5.91 Å². The minimum atomic E-state index is -0.000432. The maximum atomic E-state index is 12.3. The molecule has 0 radical (unpaired) electrons. The smallest absolute Gasteiger partial charge is 0.252 e. The molecule has 0 atom stereocenters. The molecule has 1 aliphatic rings. The van der Waals surface area contributed by atoms with Crippen molar-refractivity contribution >= 4 is 55.2 Å². The number of nitrogens with zero attached hydrogens (tertiary/aromatic N) is 3. The molecular weight excluding hydrogens is 511 g/mol. The van der Waals surface area contributed by atoms with Crippen molar-refractivity contribution in [1.82, 2.24) is 15.2 Å². The lowest BCUT2D eigenvalue weighted by Crippen LogP contribution is -2.48. The number of piperazine rings is 1. The van der Waals surface area contributed by atoms with Gasteiger partial charge in [-0.15, -0.1) is 0 Å². The Kier molecular flexibility index (Phi) is 7.06. The van der Waals surface area contributed by atoms with Gasteiger partial charge in [0, 0.05) is 42.8 Å². The first-order valence-electron chi connectivity index (χ1n) is 10.2. The highest BCUT2D eigenvalue weighted by atomic mass is 127. The number of amides is 1. The maximum absolute atomic E-state index is 12.3. The molecule has 1 fully saturated rings. The third-order valence-electron chi connectivity index (χ3n) is 5.13. The normalized spacial score (nSPS) is 14.8. The summed E-state index contributed by atoms with van der Waals surface area (Å²) in [4.78, 5) is 21.9. The Morgan fingerprint density at radius 2 is 2.00 bits per heavy atom. The summed E-state index contributed by atoms with van der Waals surface area (Å²) in [6, 6.07) is 13.8. The SMILES string of the molecule is CCOc1ccc2nc(N3CCN(CCNC(=O)c4ccccc4I)CC3)sc2c1. The van der Waals surface area contributed by atoms with Gasteiger partial charge in [-0.25, -0.2) is 4.98 Å². The van der Waals surface area contributed by atoms with Crippen molar-refractivity contribution in [2.45, 2.75) is 6.92 Å². The molecule has 1 aromatic heterocycles. The fourth-order valence-corrected chi connectivity index (χ4v) is 5.19. The number of carbonyl (C=O) groups excluding carboxylic acids is 1. The summed E-state index contributed by atoms with van der Waals surface area (Å²) in [5.41, 5.74) is 1.77. The lowest BCUT2D eigenvalue weighted by atomic mass is 10.2. The average molecular weight is 536 g/mol. The largest absolute Gasteiger partial charge is 0.494 e. The van der Waals surface area contributed by atoms with Gasteiger partial charge < -0.3 is 15.0 Å². The first kappa shape index (κ1) is 21.3. The van der Waals surface area contributed by atoms with Gasteiger partial charge in [0.25, 0.3) is 5.91 Å². The summed E-state index contributed by atoms with van der Waals surface area (Å²) in [6.45, 7) is 8.02. The van der Waals surface area contributed by atoms with Crippen LogP contribution in [0, 0.1) is 3.57 Å². The van der Waals surface area contributed by atoms with E-state index in [0.717, 1.165) is 63.0 Å². The van der Waals surface area contributed by atoms with Crippen molar-refractivity contribution in [2.75, 3.05) is 50.8 Å². The third-order valence-corrected chi connectivity index (χ3v) is 7.15. The van der Waals surface area contributed by atoms with Gasteiger partial charge in [0.2, 0.25) is 0 Å². The minimum absolute atomic E-state index is 0.000432. The second-order valence-electron chi connectivity index (χ2n) is 7.12. The molecule has 6 nitrogen and oxygen atoms in total. The quantitative estimate of drug-likeness (QED) is 0.465. The van der Waals surface area contributed by atoms with Gasteiger partial charge in [0.05, 0.1) is 22.4 Å². The Balaban J connectivity index is 1.26. The highest BCUT2D eigenvalue weighted by molar-refractivity contribution is 14.1. The maximum Gasteiger partial charge on any atom is 0.252 e. The molecule has 0 saturated carbocycles. The summed E-state index contributed by atoms with van der Waals surface area (Å²) < 4.78 is 7.74. The van der Waals surface area contributed by atoms with Crippen molar-refractivity contribution in [3.05, 3.63) is 51.6 Å². The van der Waals surface area contributed by atoms with Gasteiger partial charge in [-0.3, -0.25) is 9.69 Å². The zero-order valence-corrected chi connectivity index (χ0v) is 19.9. The van der Waals surface area contributed by atoms with E-state index in [4.69, 9.17) is 9.72 Å². The van der Waals surface area contributed by atoms with E-state index in [1.54, 1.807) is 11.3 Å². The molecular formula is C22H25IN4O2S. The number of anilines is 1. The van der Waals surface area contributed by atoms with Crippen molar-refractivity contribution in [3.63, 3.8) is 0 Å². The van der Waals surface area contributed by atoms with E-state index in [1.807, 2.05) is 43.3 Å². The first-order valence-corrected chi connectivity index (χ1v) is 12.1. The van der Waals surface area contributed by atoms with Crippen LogP contribution < -0.4 is 15.0 Å². The van der Waals surface area contributed by atoms with Gasteiger partial charge in [-0.2, -0.15) is 0 Å². The average Bonchev–Trinajstić information content (AvgIpc) is 3.18. The van der Waals surface area contributed by atoms with Crippen LogP contribution in [0.2, 0.25) is 0 Å². The number of carbonyl (C=O) groups is 1. The van der Waals surface area contributed by atoms with Crippen LogP contribution in [0.25, 0.3) is 10.2 Å². The van der Waals surface area contributed by atoms with Gasteiger partial charge in [-0.1, -0.05) is 23.5 Å². The Morgan fingerprint density at radius 3 is 2.77 bits per heavy atom. The lowest BCUT2D eigenvalue weighted by molar-refractivity contribution is 0.0947. The van der Waals surface area contributed by atoms with Crippen molar-refractivity contribution in [1.29, 1.82) is 0 Å². The van der Waals surface area contributed by atoms with Crippen LogP contribution in [0.15, 0.2) is 42.5 Å². The fraction of sp³-hybridized carbons (Fsp3) is 0.364. The highest BCUT2D eigenvalue weighted by Gasteiger charge is 2.20. The van der Waals surface area contributed by atoms with Crippen LogP contribution in [0.3, 0.4) is 0 Å². The number of hydrogen-bond donors (Lipinski definition) is 1. The van der Waals surface area contributed by atoms with Crippen LogP contribution in [0.5, 0.6) is 5.75 Å². The number of thiazole rings is 1. The molecule has 0 aliphatic carbocycles. The van der Waals surface area contributed by atoms with E-state index in [0.29, 0.717) is 13.2 Å². The number of ether oxygens (including phenoxy) is 1. The number of halogens is 1. The molecule has 30 heavy (non-hydrogen) atoms. The van der Waals surface area contributed by atoms with Gasteiger partial charge in [0.1, 0.15) is 5.75 Å². The molecule has 3 aromatic rings. The van der Waals surface area contributed by atoms with Crippen molar-refractivity contribution < 1.29 is 9.53 Å². The number of fused-ring (bicyclic) bond motifs is 1. The number of hydrogen-bond acceptors (Lipinski definition) is 6. The summed E-state index contributed by atoms with van der Waals surface area (Å²) in [5, 5.41) is 4.12. The van der Waals surface area contributed by atoms with Crippen molar-refractivity contribution in [3.8, 4) is 5.75 Å². The van der Waals surface area contributed by atoms with E-state index < -0.39 is 0 Å². The molecule has 0 unspecified atom stereocenters. The fourth-order valence-electron chi connectivity index (χ4n) is 3.52. The highest BCUT2D eigenvalue weighted by Crippen LogP contribution is 2.31. The molecule has 1 aliphatic heterocycles. The van der Waals surface area contributed by atoms with Crippen LogP contribution in [-0.4, -0.2) is 61.7 Å². The lowest BCUT2D eigenvalue weighted by Gasteiger charge is -2.34. The Morgan fingerprint density at radius 1 is 1.20 bits per heavy atom. The first-order chi connectivity index (χ1) is 14.6. The van der Waals surface area contributed by atoms with E-state index >= 15 is 0 Å². The standard InChI is InChI=1S/C22H25IN4O2S/c1-2-29-16-7-8-19-20(15-16)30-22(25-19)27-13-11-26(12-14-27)10-9-24-21(28)17-5-3-4-6-18(17)23/h3-8,15H,2,9-14H2,1H3,(H,24,28). The second kappa shape index (κ2) is 9.93. The molecule has 1 N–H and O–H groups in total. The van der Waals surface area contributed by atoms with E-state index in [1.165, 1.54) is 0 Å². The monoisotopic (exact) mass is 536 g/mol. The van der Waals surface area contributed by atoms with E-state index in [9.17, 15) is 4.79 Å². The summed E-state index contributed by atoms with van der Waals surface area (Å²) >= 11 is 3.92. The molecule has 1 amide bonds. The Bertz CT molecular complexity index is 1020. The molecule has 4 rings (SSSR count). The molecule has 2 aromatic carbocycles. The van der Waals surface area contributed by atoms with Crippen LogP contribution >= 0.6 is 33.9 Å². The predicted octanol–water partition coefficient (Wildman–Crippen LogP) is 3.85. The number of aromatic nitrogens is 1. The summed E-state index contributed by atoms with van der Waals surface area (Å²) in [5.74, 6) is 0.900. The topological polar surface area (TPSA) is 57.7 Å². The molecule has 8 heteroatoms. The number of nitrogens with one attached hydrogen (secondary N) is 1. The van der Waals surface area contributed by atoms with E-state index in [2.05, 4.69) is 43.8 Å². The van der Waals surface area contributed by atoms with Crippen LogP contribution in [0.4, 0.5) is 5.13 Å². The molecule has 158 valence electrons. The van der Waals surface area contributed by atoms with Crippen LogP contribution in [-0.2, 0) is 0 Å². The second-order valence-corrected chi connectivity index (χ2v) is 9.29. The van der Waals surface area contributed by atoms with Gasteiger partial charge in [-0.05, 0) is 59.8 Å². The third kappa shape index (κ3) is 5.04. The molecule has 0 bridgehead atoms. The number of benzene rings is 2. The van der Waals surface area contributed by atoms with Gasteiger partial charge in [0.15, 0.2) is 5.13 Å². The zero-order valence-electron chi connectivity index (χ0n) is 16.9. The predicted molar refractivity (Wildman–Crippen MR) is 131 cm³/mol. The number of rotatable bonds is 7. The molecule has 2 heterocycles. The summed E-state index contributed by atoms with van der Waals surface area (Å²) in [6.07, 6.45) is 0. The Labute approximate surface area is 194 Å². The molecule has 1 saturated heterocycles. The van der Waals surface area contributed by atoms with Crippen molar-refractivity contribution in [2.24, 2.45) is 0 Å². The summed E-state index contributed by atoms with van der Waals surface area (Å²) in [7, 11) is 0. The zero-order chi connectivity index (χ0) is 20.9. The Hall–Kier alpha value is -1.91. The molecule has 0 spiro atoms. The van der Waals surface area contributed by atoms with Gasteiger partial charge >= 0.3 is 0 Å².